The van der Waals surface area contributed by atoms with Crippen LogP contribution in [0.1, 0.15) is 109 Å². The van der Waals surface area contributed by atoms with Crippen molar-refractivity contribution in [3.05, 3.63) is 0 Å². The summed E-state index contributed by atoms with van der Waals surface area (Å²) in [7, 11) is 0.774. The molecule has 14 nitrogen and oxygen atoms in total. The molecule has 2 aliphatic heterocycles. The molecular formula is C37H66B2N6O8. The van der Waals surface area contributed by atoms with Crippen molar-refractivity contribution < 1.29 is 37.8 Å². The van der Waals surface area contributed by atoms with Crippen molar-refractivity contribution in [3.63, 3.8) is 0 Å². The third-order valence-corrected chi connectivity index (χ3v) is 14.2. The van der Waals surface area contributed by atoms with Crippen molar-refractivity contribution in [1.82, 2.24) is 26.6 Å². The minimum Gasteiger partial charge on any atom is -0.404 e. The lowest BCUT2D eigenvalue weighted by Crippen LogP contribution is -2.65. The second-order valence-electron chi connectivity index (χ2n) is 18.5. The van der Waals surface area contributed by atoms with Gasteiger partial charge in [0, 0.05) is 0 Å². The molecule has 6 saturated carbocycles. The molecule has 16 heteroatoms. The van der Waals surface area contributed by atoms with Crippen molar-refractivity contribution in [3.8, 4) is 0 Å². The van der Waals surface area contributed by atoms with Crippen LogP contribution in [0.2, 0.25) is 0 Å². The lowest BCUT2D eigenvalue weighted by Gasteiger charge is -2.64. The predicted molar refractivity (Wildman–Crippen MR) is 203 cm³/mol. The zero-order valence-electron chi connectivity index (χ0n) is 34.3. The Labute approximate surface area is 317 Å². The van der Waals surface area contributed by atoms with E-state index in [1.807, 2.05) is 13.8 Å². The molecule has 8 rings (SSSR count). The van der Waals surface area contributed by atoms with E-state index >= 15 is 0 Å². The number of nitrogens with two attached hydrogens (primary N) is 1. The van der Waals surface area contributed by atoms with Gasteiger partial charge in [0.15, 0.2) is 0 Å². The van der Waals surface area contributed by atoms with Crippen LogP contribution in [0.4, 0.5) is 0 Å². The van der Waals surface area contributed by atoms with Gasteiger partial charge in [0.25, 0.3) is 0 Å². The Kier molecular flexibility index (Phi) is 11.9. The standard InChI is InChI=1S/C19H34BN3O4.C18H32BN3O4/c1-10(21-7)16(24)22-11(2)17(25)23-12(3)20-26-15-9-13-8-14(18(13,4)5)19(15,6)27-20;1-9(20)15(23)21-10(2)16(24)22-11(3)19-25-14-8-12-7-13(17(12,4)5)18(14,6)26-19/h10-15,21H,8-9H2,1-7H3,(H,22,24)(H,23,25);9-14H,7-8,20H2,1-6H3,(H,21,23)(H,22,24)/t10?,11?,12-,13-,14-,15+,19-;9?,10?,11-,12-,13-,14+,18-/m00/s1. The number of rotatable bonds is 11. The minimum absolute atomic E-state index is 0.0823. The van der Waals surface area contributed by atoms with Gasteiger partial charge in [-0.1, -0.05) is 27.7 Å². The molecular weight excluding hydrogens is 678 g/mol. The number of nitrogens with one attached hydrogen (secondary N) is 5. The fourth-order valence-electron chi connectivity index (χ4n) is 10.0. The molecule has 53 heavy (non-hydrogen) atoms. The molecule has 4 unspecified atom stereocenters. The van der Waals surface area contributed by atoms with Gasteiger partial charge in [-0.2, -0.15) is 0 Å². The molecule has 14 atom stereocenters. The van der Waals surface area contributed by atoms with E-state index in [4.69, 9.17) is 24.4 Å². The summed E-state index contributed by atoms with van der Waals surface area (Å²) in [6, 6.07) is -2.29. The highest BCUT2D eigenvalue weighted by atomic mass is 16.7. The first-order valence-electron chi connectivity index (χ1n) is 19.8. The number of carbonyl (C=O) groups excluding carboxylic acids is 4. The zero-order chi connectivity index (χ0) is 39.6. The molecule has 0 aromatic carbocycles. The summed E-state index contributed by atoms with van der Waals surface area (Å²) in [5.41, 5.74) is 5.52. The first-order chi connectivity index (χ1) is 24.5. The topological polar surface area (TPSA) is 191 Å². The van der Waals surface area contributed by atoms with Crippen molar-refractivity contribution in [1.29, 1.82) is 0 Å². The van der Waals surface area contributed by atoms with Gasteiger partial charge in [0.1, 0.15) is 12.1 Å². The zero-order valence-corrected chi connectivity index (χ0v) is 34.3. The van der Waals surface area contributed by atoms with Gasteiger partial charge in [-0.05, 0) is 123 Å². The lowest BCUT2D eigenvalue weighted by molar-refractivity contribution is -0.199. The molecule has 8 fully saturated rings. The van der Waals surface area contributed by atoms with E-state index in [0.29, 0.717) is 29.1 Å². The first-order valence-corrected chi connectivity index (χ1v) is 19.8. The number of hydrogen-bond acceptors (Lipinski definition) is 10. The van der Waals surface area contributed by atoms with Crippen molar-refractivity contribution in [2.24, 2.45) is 40.2 Å². The maximum absolute atomic E-state index is 12.5. The second kappa shape index (κ2) is 15.0. The van der Waals surface area contributed by atoms with Crippen LogP contribution in [-0.2, 0) is 37.8 Å². The SMILES string of the molecule is CC(N)C(=O)NC(C)C(=O)N[C@@H](C)B1O[C@@H]2C[C@@H]3C[C@@H](C3(C)C)[C@]2(C)O1.CNC(C)C(=O)NC(C)C(=O)N[C@@H](C)B1O[C@@H]2C[C@@H]3C[C@@H](C3(C)C)[C@]2(C)O1. The fourth-order valence-corrected chi connectivity index (χ4v) is 10.0. The molecule has 4 amide bonds. The minimum atomic E-state index is -0.665. The molecule has 2 saturated heterocycles. The average Bonchev–Trinajstić information content (AvgIpc) is 3.64. The number of likely N-dealkylation sites (N-methyl/N-ethyl adjacent to an activating group) is 1. The molecule has 0 aromatic rings. The molecule has 298 valence electrons. The summed E-state index contributed by atoms with van der Waals surface area (Å²) in [6.07, 6.45) is 4.59. The third-order valence-electron chi connectivity index (χ3n) is 14.2. The largest absolute Gasteiger partial charge is 0.481 e. The second-order valence-corrected chi connectivity index (χ2v) is 18.5. The van der Waals surface area contributed by atoms with Gasteiger partial charge in [-0.25, -0.2) is 0 Å². The van der Waals surface area contributed by atoms with Crippen molar-refractivity contribution in [2.45, 2.75) is 168 Å². The van der Waals surface area contributed by atoms with Crippen LogP contribution in [0.25, 0.3) is 0 Å². The monoisotopic (exact) mass is 745 g/mol. The maximum Gasteiger partial charge on any atom is 0.481 e. The van der Waals surface area contributed by atoms with Crippen LogP contribution in [0.3, 0.4) is 0 Å². The van der Waals surface area contributed by atoms with Crippen LogP contribution >= 0.6 is 0 Å². The van der Waals surface area contributed by atoms with Gasteiger partial charge in [-0.15, -0.1) is 0 Å². The van der Waals surface area contributed by atoms with E-state index in [-0.39, 0.29) is 70.4 Å². The van der Waals surface area contributed by atoms with Gasteiger partial charge < -0.3 is 50.9 Å². The number of hydrogen-bond donors (Lipinski definition) is 6. The summed E-state index contributed by atoms with van der Waals surface area (Å²) in [4.78, 5) is 48.4. The van der Waals surface area contributed by atoms with Crippen LogP contribution in [0, 0.1) is 34.5 Å². The Morgan fingerprint density at radius 3 is 1.28 bits per heavy atom. The van der Waals surface area contributed by atoms with Crippen LogP contribution < -0.4 is 32.3 Å². The van der Waals surface area contributed by atoms with Gasteiger partial charge in [-0.3, -0.25) is 19.2 Å². The van der Waals surface area contributed by atoms with E-state index in [0.717, 1.165) is 12.8 Å². The average molecular weight is 745 g/mol. The molecule has 4 bridgehead atoms. The van der Waals surface area contributed by atoms with Crippen LogP contribution in [-0.4, -0.2) is 104 Å². The molecule has 0 aromatic heterocycles. The molecule has 2 heterocycles. The van der Waals surface area contributed by atoms with E-state index in [1.165, 1.54) is 12.8 Å². The van der Waals surface area contributed by atoms with Gasteiger partial charge >= 0.3 is 14.2 Å². The quantitative estimate of drug-likeness (QED) is 0.169. The summed E-state index contributed by atoms with van der Waals surface area (Å²) in [6.45, 7) is 24.0. The molecule has 7 N–H and O–H groups in total. The molecule has 6 aliphatic carbocycles. The summed E-state index contributed by atoms with van der Waals surface area (Å²) in [5, 5.41) is 14.0. The maximum atomic E-state index is 12.5. The van der Waals surface area contributed by atoms with Gasteiger partial charge in [0.05, 0.1) is 47.4 Å². The molecule has 8 aliphatic rings. The van der Waals surface area contributed by atoms with E-state index < -0.39 is 32.4 Å². The summed E-state index contributed by atoms with van der Waals surface area (Å²) < 4.78 is 25.1. The Morgan fingerprint density at radius 2 is 0.943 bits per heavy atom. The van der Waals surface area contributed by atoms with E-state index in [1.54, 1.807) is 34.7 Å². The highest BCUT2D eigenvalue weighted by molar-refractivity contribution is 6.48. The van der Waals surface area contributed by atoms with Crippen molar-refractivity contribution in [2.75, 3.05) is 7.05 Å². The lowest BCUT2D eigenvalue weighted by atomic mass is 9.43. The smallest absolute Gasteiger partial charge is 0.404 e. The molecule has 0 radical (unpaired) electrons. The fraction of sp³-hybridized carbons (Fsp3) is 0.892. The first kappa shape index (κ1) is 41.9. The highest BCUT2D eigenvalue weighted by Crippen LogP contribution is 2.67. The number of carbonyl (C=O) groups is 4. The highest BCUT2D eigenvalue weighted by Gasteiger charge is 2.69. The predicted octanol–water partition coefficient (Wildman–Crippen LogP) is 1.48. The Morgan fingerprint density at radius 1 is 0.585 bits per heavy atom. The summed E-state index contributed by atoms with van der Waals surface area (Å²) in [5.74, 6) is 0.679. The summed E-state index contributed by atoms with van der Waals surface area (Å²) >= 11 is 0. The Hall–Kier alpha value is -2.23. The Balaban J connectivity index is 0.000000204. The van der Waals surface area contributed by atoms with E-state index in [9.17, 15) is 19.2 Å². The normalized spacial score (nSPS) is 37.3. The van der Waals surface area contributed by atoms with Gasteiger partial charge in [0.2, 0.25) is 23.6 Å². The number of amides is 4. The third kappa shape index (κ3) is 7.66. The van der Waals surface area contributed by atoms with Crippen LogP contribution in [0.5, 0.6) is 0 Å². The molecule has 0 spiro atoms. The van der Waals surface area contributed by atoms with E-state index in [2.05, 4.69) is 68.1 Å². The van der Waals surface area contributed by atoms with Crippen LogP contribution in [0.15, 0.2) is 0 Å². The Bertz CT molecular complexity index is 1420. The van der Waals surface area contributed by atoms with Crippen molar-refractivity contribution >= 4 is 37.9 Å².